The number of nitrogens with zero attached hydrogens (tertiary/aromatic N) is 2. The molecule has 0 unspecified atom stereocenters. The molecule has 0 saturated heterocycles. The number of ether oxygens (including phenoxy) is 1. The van der Waals surface area contributed by atoms with Gasteiger partial charge in [-0.15, -0.1) is 0 Å². The van der Waals surface area contributed by atoms with Gasteiger partial charge in [0.05, 0.1) is 5.52 Å². The van der Waals surface area contributed by atoms with Crippen LogP contribution in [0, 0.1) is 0 Å². The molecule has 0 aliphatic carbocycles. The van der Waals surface area contributed by atoms with Gasteiger partial charge in [0.25, 0.3) is 0 Å². The number of H-pyrrole nitrogens is 1. The molecule has 4 aromatic rings. The SMILES string of the molecule is C=C(C[C@H](/C=C/C)Oc1ccc2c(c1)[nH]c1ccccc12)n1cccn1. The molecule has 0 saturated carbocycles. The first kappa shape index (κ1) is 16.2. The van der Waals surface area contributed by atoms with Crippen LogP contribution in [0.2, 0.25) is 0 Å². The van der Waals surface area contributed by atoms with Crippen LogP contribution in [-0.2, 0) is 0 Å². The van der Waals surface area contributed by atoms with Gasteiger partial charge in [0, 0.05) is 46.9 Å². The van der Waals surface area contributed by atoms with Gasteiger partial charge in [-0.1, -0.05) is 30.9 Å². The molecule has 0 bridgehead atoms. The van der Waals surface area contributed by atoms with Crippen LogP contribution in [-0.4, -0.2) is 20.9 Å². The van der Waals surface area contributed by atoms with Crippen molar-refractivity contribution in [3.05, 3.63) is 79.7 Å². The fourth-order valence-corrected chi connectivity index (χ4v) is 3.23. The molecule has 1 atom stereocenters. The van der Waals surface area contributed by atoms with Gasteiger partial charge in [-0.25, -0.2) is 4.68 Å². The summed E-state index contributed by atoms with van der Waals surface area (Å²) in [5, 5.41) is 6.67. The van der Waals surface area contributed by atoms with Gasteiger partial charge in [-0.2, -0.15) is 5.10 Å². The maximum Gasteiger partial charge on any atom is 0.122 e. The quantitative estimate of drug-likeness (QED) is 0.476. The predicted octanol–water partition coefficient (Wildman–Crippen LogP) is 5.40. The van der Waals surface area contributed by atoms with Gasteiger partial charge < -0.3 is 9.72 Å². The molecular formula is C22H21N3O. The van der Waals surface area contributed by atoms with Crippen molar-refractivity contribution in [3.63, 3.8) is 0 Å². The third-order valence-corrected chi connectivity index (χ3v) is 4.44. The molecule has 130 valence electrons. The highest BCUT2D eigenvalue weighted by Crippen LogP contribution is 2.29. The van der Waals surface area contributed by atoms with Crippen molar-refractivity contribution in [2.45, 2.75) is 19.4 Å². The number of rotatable bonds is 6. The minimum Gasteiger partial charge on any atom is -0.486 e. The van der Waals surface area contributed by atoms with E-state index in [1.165, 1.54) is 10.8 Å². The number of fused-ring (bicyclic) bond motifs is 3. The highest BCUT2D eigenvalue weighted by Gasteiger charge is 2.12. The van der Waals surface area contributed by atoms with Crippen molar-refractivity contribution in [2.24, 2.45) is 0 Å². The van der Waals surface area contributed by atoms with Crippen LogP contribution in [0.4, 0.5) is 0 Å². The summed E-state index contributed by atoms with van der Waals surface area (Å²) < 4.78 is 8.00. The summed E-state index contributed by atoms with van der Waals surface area (Å²) in [6.45, 7) is 6.11. The van der Waals surface area contributed by atoms with E-state index >= 15 is 0 Å². The zero-order valence-corrected chi connectivity index (χ0v) is 14.7. The smallest absolute Gasteiger partial charge is 0.122 e. The van der Waals surface area contributed by atoms with Crippen LogP contribution < -0.4 is 4.74 Å². The van der Waals surface area contributed by atoms with Crippen molar-refractivity contribution in [2.75, 3.05) is 0 Å². The largest absolute Gasteiger partial charge is 0.486 e. The Balaban J connectivity index is 1.59. The summed E-state index contributed by atoms with van der Waals surface area (Å²) in [6.07, 6.45) is 8.26. The number of aromatic nitrogens is 3. The Morgan fingerprint density at radius 3 is 2.85 bits per heavy atom. The van der Waals surface area contributed by atoms with E-state index in [0.29, 0.717) is 6.42 Å². The Bertz CT molecular complexity index is 1070. The van der Waals surface area contributed by atoms with Gasteiger partial charge >= 0.3 is 0 Å². The second-order valence-electron chi connectivity index (χ2n) is 6.28. The Kier molecular flexibility index (Phi) is 4.32. The zero-order valence-electron chi connectivity index (χ0n) is 14.7. The average molecular weight is 343 g/mol. The Hall–Kier alpha value is -3.27. The van der Waals surface area contributed by atoms with E-state index in [-0.39, 0.29) is 6.10 Å². The topological polar surface area (TPSA) is 42.8 Å². The molecule has 0 amide bonds. The van der Waals surface area contributed by atoms with Gasteiger partial charge in [-0.05, 0) is 37.3 Å². The second kappa shape index (κ2) is 6.92. The molecule has 0 aliphatic heterocycles. The molecule has 2 heterocycles. The lowest BCUT2D eigenvalue weighted by atomic mass is 10.1. The third kappa shape index (κ3) is 3.14. The molecule has 4 rings (SSSR count). The zero-order chi connectivity index (χ0) is 17.9. The first-order valence-corrected chi connectivity index (χ1v) is 8.72. The van der Waals surface area contributed by atoms with Crippen molar-refractivity contribution in [3.8, 4) is 5.75 Å². The number of benzene rings is 2. The Morgan fingerprint density at radius 1 is 1.19 bits per heavy atom. The lowest BCUT2D eigenvalue weighted by molar-refractivity contribution is 0.253. The van der Waals surface area contributed by atoms with Gasteiger partial charge in [0.15, 0.2) is 0 Å². The number of para-hydroxylation sites is 1. The van der Waals surface area contributed by atoms with E-state index in [1.807, 2.05) is 43.5 Å². The number of aromatic amines is 1. The molecule has 4 nitrogen and oxygen atoms in total. The van der Waals surface area contributed by atoms with E-state index in [2.05, 4.69) is 47.0 Å². The number of nitrogens with one attached hydrogen (secondary N) is 1. The number of allylic oxidation sites excluding steroid dienone is 1. The molecule has 1 N–H and O–H groups in total. The molecule has 0 aliphatic rings. The van der Waals surface area contributed by atoms with Crippen molar-refractivity contribution < 1.29 is 4.74 Å². The highest BCUT2D eigenvalue weighted by atomic mass is 16.5. The normalized spacial score (nSPS) is 12.8. The van der Waals surface area contributed by atoms with Crippen LogP contribution in [0.25, 0.3) is 27.5 Å². The van der Waals surface area contributed by atoms with Crippen molar-refractivity contribution in [1.29, 1.82) is 0 Å². The second-order valence-corrected chi connectivity index (χ2v) is 6.28. The molecule has 26 heavy (non-hydrogen) atoms. The fourth-order valence-electron chi connectivity index (χ4n) is 3.23. The molecule has 0 fully saturated rings. The summed E-state index contributed by atoms with van der Waals surface area (Å²) in [6, 6.07) is 16.4. The van der Waals surface area contributed by atoms with Gasteiger partial charge in [0.1, 0.15) is 11.9 Å². The third-order valence-electron chi connectivity index (χ3n) is 4.44. The summed E-state index contributed by atoms with van der Waals surface area (Å²) in [7, 11) is 0. The van der Waals surface area contributed by atoms with E-state index in [0.717, 1.165) is 22.5 Å². The average Bonchev–Trinajstić information content (AvgIpc) is 3.29. The van der Waals surface area contributed by atoms with Crippen LogP contribution >= 0.6 is 0 Å². The van der Waals surface area contributed by atoms with Crippen LogP contribution in [0.5, 0.6) is 5.75 Å². The molecule has 2 aromatic heterocycles. The van der Waals surface area contributed by atoms with Crippen LogP contribution in [0.15, 0.2) is 79.7 Å². The summed E-state index contributed by atoms with van der Waals surface area (Å²) >= 11 is 0. The van der Waals surface area contributed by atoms with Crippen LogP contribution in [0.3, 0.4) is 0 Å². The van der Waals surface area contributed by atoms with E-state index in [4.69, 9.17) is 4.74 Å². The molecular weight excluding hydrogens is 322 g/mol. The number of hydrogen-bond acceptors (Lipinski definition) is 2. The summed E-state index contributed by atoms with van der Waals surface area (Å²) in [4.78, 5) is 3.46. The monoisotopic (exact) mass is 343 g/mol. The maximum absolute atomic E-state index is 6.22. The predicted molar refractivity (Wildman–Crippen MR) is 107 cm³/mol. The number of hydrogen-bond donors (Lipinski definition) is 1. The minimum atomic E-state index is -0.0986. The fraction of sp³-hybridized carbons (Fsp3) is 0.136. The Morgan fingerprint density at radius 2 is 2.04 bits per heavy atom. The first-order valence-electron chi connectivity index (χ1n) is 8.72. The molecule has 2 aromatic carbocycles. The lowest BCUT2D eigenvalue weighted by Gasteiger charge is -2.17. The van der Waals surface area contributed by atoms with Crippen molar-refractivity contribution >= 4 is 27.5 Å². The molecule has 4 heteroatoms. The molecule has 0 radical (unpaired) electrons. The lowest BCUT2D eigenvalue weighted by Crippen LogP contribution is -2.16. The summed E-state index contributed by atoms with van der Waals surface area (Å²) in [5.74, 6) is 0.834. The van der Waals surface area contributed by atoms with Gasteiger partial charge in [-0.3, -0.25) is 0 Å². The van der Waals surface area contributed by atoms with Gasteiger partial charge in [0.2, 0.25) is 0 Å². The van der Waals surface area contributed by atoms with Crippen molar-refractivity contribution in [1.82, 2.24) is 14.8 Å². The first-order chi connectivity index (χ1) is 12.7. The molecule has 0 spiro atoms. The van der Waals surface area contributed by atoms with E-state index in [9.17, 15) is 0 Å². The van der Waals surface area contributed by atoms with Crippen LogP contribution in [0.1, 0.15) is 13.3 Å². The Labute approximate surface area is 152 Å². The van der Waals surface area contributed by atoms with E-state index < -0.39 is 0 Å². The van der Waals surface area contributed by atoms with E-state index in [1.54, 1.807) is 10.9 Å². The highest BCUT2D eigenvalue weighted by molar-refractivity contribution is 6.07. The maximum atomic E-state index is 6.22. The standard InChI is InChI=1S/C22H21N3O/c1-3-7-17(14-16(2)25-13-6-12-23-25)26-18-10-11-20-19-8-4-5-9-21(19)24-22(20)15-18/h3-13,15,17,24H,2,14H2,1H3/b7-3+/t17-/m0/s1. The summed E-state index contributed by atoms with van der Waals surface area (Å²) in [5.41, 5.74) is 3.11. The minimum absolute atomic E-state index is 0.0986.